The fourth-order valence-electron chi connectivity index (χ4n) is 1.64. The molecule has 2 N–H and O–H groups in total. The predicted octanol–water partition coefficient (Wildman–Crippen LogP) is 3.05. The molecule has 0 spiro atoms. The van der Waals surface area contributed by atoms with Crippen molar-refractivity contribution in [1.82, 2.24) is 4.98 Å². The molecule has 0 radical (unpaired) electrons. The van der Waals surface area contributed by atoms with Crippen molar-refractivity contribution in [1.29, 1.82) is 0 Å². The summed E-state index contributed by atoms with van der Waals surface area (Å²) in [6.45, 7) is 6.26. The Morgan fingerprint density at radius 3 is 2.75 bits per heavy atom. The number of nitrogens with zero attached hydrogens (tertiary/aromatic N) is 1. The zero-order valence-corrected chi connectivity index (χ0v) is 10.0. The maximum Gasteiger partial charge on any atom is 0.212 e. The van der Waals surface area contributed by atoms with E-state index in [1.54, 1.807) is 0 Å². The molecule has 1 unspecified atom stereocenters. The van der Waals surface area contributed by atoms with Gasteiger partial charge in [-0.2, -0.15) is 0 Å². The fraction of sp³-hybridized carbons (Fsp3) is 0.462. The van der Waals surface area contributed by atoms with Gasteiger partial charge in [0.05, 0.1) is 6.04 Å². The lowest BCUT2D eigenvalue weighted by Gasteiger charge is -2.10. The number of benzene rings is 1. The molecule has 0 saturated carbocycles. The number of oxazole rings is 1. The highest BCUT2D eigenvalue weighted by Gasteiger charge is 2.17. The first-order valence-corrected chi connectivity index (χ1v) is 5.76. The number of rotatable bonds is 3. The van der Waals surface area contributed by atoms with Crippen molar-refractivity contribution in [2.24, 2.45) is 11.7 Å². The third kappa shape index (κ3) is 1.95. The van der Waals surface area contributed by atoms with Gasteiger partial charge < -0.3 is 10.2 Å². The first kappa shape index (κ1) is 11.1. The smallest absolute Gasteiger partial charge is 0.212 e. The van der Waals surface area contributed by atoms with E-state index in [0.29, 0.717) is 11.8 Å². The van der Waals surface area contributed by atoms with Gasteiger partial charge in [-0.1, -0.05) is 26.8 Å². The molecule has 3 heteroatoms. The van der Waals surface area contributed by atoms with Gasteiger partial charge in [0.15, 0.2) is 5.58 Å². The van der Waals surface area contributed by atoms with Gasteiger partial charge in [-0.05, 0) is 30.0 Å². The summed E-state index contributed by atoms with van der Waals surface area (Å²) in [5.74, 6) is 0.969. The molecule has 1 atom stereocenters. The second kappa shape index (κ2) is 4.26. The highest BCUT2D eigenvalue weighted by Crippen LogP contribution is 2.24. The van der Waals surface area contributed by atoms with E-state index in [4.69, 9.17) is 10.2 Å². The van der Waals surface area contributed by atoms with E-state index < -0.39 is 0 Å². The van der Waals surface area contributed by atoms with Crippen LogP contribution in [0.15, 0.2) is 22.6 Å². The van der Waals surface area contributed by atoms with E-state index in [1.165, 1.54) is 5.56 Å². The van der Waals surface area contributed by atoms with Crippen molar-refractivity contribution in [2.45, 2.75) is 33.2 Å². The Hall–Kier alpha value is -1.35. The van der Waals surface area contributed by atoms with Crippen LogP contribution >= 0.6 is 0 Å². The summed E-state index contributed by atoms with van der Waals surface area (Å²) in [6, 6.07) is 5.98. The van der Waals surface area contributed by atoms with Crippen LogP contribution in [0.2, 0.25) is 0 Å². The van der Waals surface area contributed by atoms with Gasteiger partial charge >= 0.3 is 0 Å². The van der Waals surface area contributed by atoms with E-state index in [0.717, 1.165) is 17.5 Å². The summed E-state index contributed by atoms with van der Waals surface area (Å²) in [5.41, 5.74) is 9.02. The Morgan fingerprint density at radius 1 is 1.38 bits per heavy atom. The zero-order chi connectivity index (χ0) is 11.7. The molecular formula is C13H18N2O. The highest BCUT2D eigenvalue weighted by molar-refractivity contribution is 5.73. The molecule has 0 bridgehead atoms. The number of aryl methyl sites for hydroxylation is 1. The number of aromatic nitrogens is 1. The molecule has 1 heterocycles. The van der Waals surface area contributed by atoms with Crippen LogP contribution in [-0.2, 0) is 6.42 Å². The summed E-state index contributed by atoms with van der Waals surface area (Å²) in [5, 5.41) is 0. The second-order valence-electron chi connectivity index (χ2n) is 4.48. The molecule has 0 aliphatic heterocycles. The summed E-state index contributed by atoms with van der Waals surface area (Å²) in [7, 11) is 0. The van der Waals surface area contributed by atoms with Gasteiger partial charge in [-0.15, -0.1) is 0 Å². The molecule has 2 aromatic rings. The highest BCUT2D eigenvalue weighted by atomic mass is 16.3. The average Bonchev–Trinajstić information content (AvgIpc) is 2.69. The number of nitrogens with two attached hydrogens (primary N) is 1. The minimum absolute atomic E-state index is 0.127. The van der Waals surface area contributed by atoms with E-state index in [9.17, 15) is 0 Å². The molecule has 0 fully saturated rings. The molecule has 3 nitrogen and oxygen atoms in total. The van der Waals surface area contributed by atoms with Crippen molar-refractivity contribution in [3.63, 3.8) is 0 Å². The van der Waals surface area contributed by atoms with Crippen molar-refractivity contribution in [3.8, 4) is 0 Å². The summed E-state index contributed by atoms with van der Waals surface area (Å²) >= 11 is 0. The molecule has 86 valence electrons. The maximum atomic E-state index is 6.02. The summed E-state index contributed by atoms with van der Waals surface area (Å²) in [6.07, 6.45) is 1.01. The minimum Gasteiger partial charge on any atom is -0.439 e. The molecule has 1 aromatic carbocycles. The van der Waals surface area contributed by atoms with Crippen LogP contribution in [-0.4, -0.2) is 4.98 Å². The monoisotopic (exact) mass is 218 g/mol. The van der Waals surface area contributed by atoms with Gasteiger partial charge in [-0.3, -0.25) is 0 Å². The normalized spacial score (nSPS) is 13.6. The Bertz CT molecular complexity index is 488. The van der Waals surface area contributed by atoms with Gasteiger partial charge in [0, 0.05) is 0 Å². The van der Waals surface area contributed by atoms with Crippen LogP contribution < -0.4 is 5.73 Å². The first-order valence-electron chi connectivity index (χ1n) is 5.76. The zero-order valence-electron chi connectivity index (χ0n) is 10.0. The maximum absolute atomic E-state index is 6.02. The SMILES string of the molecule is CCc1ccc2oc(C(N)C(C)C)nc2c1. The van der Waals surface area contributed by atoms with E-state index >= 15 is 0 Å². The molecular weight excluding hydrogens is 200 g/mol. The molecule has 0 saturated heterocycles. The van der Waals surface area contributed by atoms with Crippen LogP contribution in [0.5, 0.6) is 0 Å². The molecule has 1 aromatic heterocycles. The lowest BCUT2D eigenvalue weighted by Crippen LogP contribution is -2.16. The van der Waals surface area contributed by atoms with Crippen LogP contribution in [0, 0.1) is 5.92 Å². The summed E-state index contributed by atoms with van der Waals surface area (Å²) < 4.78 is 5.65. The Balaban J connectivity index is 2.43. The molecule has 2 rings (SSSR count). The summed E-state index contributed by atoms with van der Waals surface area (Å²) in [4.78, 5) is 4.45. The minimum atomic E-state index is -0.127. The predicted molar refractivity (Wildman–Crippen MR) is 65.2 cm³/mol. The van der Waals surface area contributed by atoms with Gasteiger partial charge in [0.1, 0.15) is 5.52 Å². The Morgan fingerprint density at radius 2 is 2.12 bits per heavy atom. The van der Waals surface area contributed by atoms with Gasteiger partial charge in [0.2, 0.25) is 5.89 Å². The molecule has 0 aliphatic rings. The van der Waals surface area contributed by atoms with Gasteiger partial charge in [-0.25, -0.2) is 4.98 Å². The van der Waals surface area contributed by atoms with Crippen LogP contribution in [0.25, 0.3) is 11.1 Å². The standard InChI is InChI=1S/C13H18N2O/c1-4-9-5-6-11-10(7-9)15-13(16-11)12(14)8(2)3/h5-8,12H,4,14H2,1-3H3. The second-order valence-corrected chi connectivity index (χ2v) is 4.48. The molecule has 0 aliphatic carbocycles. The van der Waals surface area contributed by atoms with Gasteiger partial charge in [0.25, 0.3) is 0 Å². The Kier molecular flexibility index (Phi) is 2.97. The van der Waals surface area contributed by atoms with E-state index in [1.807, 2.05) is 6.07 Å². The van der Waals surface area contributed by atoms with Crippen LogP contribution in [0.4, 0.5) is 0 Å². The van der Waals surface area contributed by atoms with E-state index in [2.05, 4.69) is 37.9 Å². The topological polar surface area (TPSA) is 52.0 Å². The van der Waals surface area contributed by atoms with Crippen LogP contribution in [0.1, 0.15) is 38.3 Å². The lowest BCUT2D eigenvalue weighted by molar-refractivity contribution is 0.403. The molecule has 16 heavy (non-hydrogen) atoms. The molecule has 0 amide bonds. The van der Waals surface area contributed by atoms with E-state index in [-0.39, 0.29) is 6.04 Å². The largest absolute Gasteiger partial charge is 0.439 e. The number of hydrogen-bond donors (Lipinski definition) is 1. The fourth-order valence-corrected chi connectivity index (χ4v) is 1.64. The average molecular weight is 218 g/mol. The Labute approximate surface area is 95.7 Å². The quantitative estimate of drug-likeness (QED) is 0.861. The van der Waals surface area contributed by atoms with Crippen molar-refractivity contribution in [3.05, 3.63) is 29.7 Å². The van der Waals surface area contributed by atoms with Crippen molar-refractivity contribution >= 4 is 11.1 Å². The third-order valence-electron chi connectivity index (χ3n) is 2.88. The lowest BCUT2D eigenvalue weighted by atomic mass is 10.1. The third-order valence-corrected chi connectivity index (χ3v) is 2.88. The van der Waals surface area contributed by atoms with Crippen molar-refractivity contribution in [2.75, 3.05) is 0 Å². The van der Waals surface area contributed by atoms with Crippen molar-refractivity contribution < 1.29 is 4.42 Å². The van der Waals surface area contributed by atoms with Crippen LogP contribution in [0.3, 0.4) is 0 Å². The first-order chi connectivity index (χ1) is 7.61. The number of fused-ring (bicyclic) bond motifs is 1. The number of hydrogen-bond acceptors (Lipinski definition) is 3.